The fourth-order valence-corrected chi connectivity index (χ4v) is 4.81. The van der Waals surface area contributed by atoms with Crippen LogP contribution in [0.25, 0.3) is 0 Å². The van der Waals surface area contributed by atoms with Gasteiger partial charge in [0.05, 0.1) is 0 Å². The predicted octanol–water partition coefficient (Wildman–Crippen LogP) is -0.0452. The summed E-state index contributed by atoms with van der Waals surface area (Å²) in [4.78, 5) is 12.5. The molecule has 2 saturated carbocycles. The minimum Gasteiger partial charge on any atom is -0.716 e. The van der Waals surface area contributed by atoms with E-state index in [1.807, 2.05) is 0 Å². The zero-order valence-electron chi connectivity index (χ0n) is 19.2. The molecule has 2 fully saturated rings. The average Bonchev–Trinajstić information content (AvgIpc) is 2.87. The van der Waals surface area contributed by atoms with Crippen LogP contribution in [0, 0.1) is 17.3 Å². The molecule has 1 aromatic carbocycles. The maximum atomic E-state index is 12.5. The molecule has 0 bridgehead atoms. The van der Waals surface area contributed by atoms with Crippen LogP contribution in [0.1, 0.15) is 62.9 Å². The molecule has 5 nitrogen and oxygen atoms in total. The summed E-state index contributed by atoms with van der Waals surface area (Å²) < 4.78 is 80.8. The number of fused-ring (bicyclic) bond motifs is 5. The molecule has 0 aliphatic heterocycles. The third-order valence-electron chi connectivity index (χ3n) is 5.73. The van der Waals surface area contributed by atoms with Crippen molar-refractivity contribution >= 4 is 16.2 Å². The number of hydrogen-bond acceptors (Lipinski definition) is 5. The van der Waals surface area contributed by atoms with Gasteiger partial charge in [0.1, 0.15) is 11.5 Å². The van der Waals surface area contributed by atoms with E-state index in [-0.39, 0.29) is 52.9 Å². The number of rotatable bonds is 2. The number of aryl methyl sites for hydroxylation is 1. The van der Waals surface area contributed by atoms with Gasteiger partial charge in [-0.25, -0.2) is 8.42 Å². The molecular weight excluding hydrogens is 351 g/mol. The van der Waals surface area contributed by atoms with Gasteiger partial charge in [0.2, 0.25) is 0 Å². The van der Waals surface area contributed by atoms with E-state index in [4.69, 9.17) is 5.48 Å². The van der Waals surface area contributed by atoms with Gasteiger partial charge < -0.3 is 8.74 Å². The second-order valence-corrected chi connectivity index (χ2v) is 7.94. The third kappa shape index (κ3) is 3.32. The molecule has 4 atom stereocenters. The molecule has 0 radical (unpaired) electrons. The van der Waals surface area contributed by atoms with Crippen LogP contribution in [0.3, 0.4) is 0 Å². The van der Waals surface area contributed by atoms with Crippen LogP contribution in [-0.2, 0) is 21.6 Å². The van der Waals surface area contributed by atoms with Crippen molar-refractivity contribution in [3.8, 4) is 5.75 Å². The smallest absolute Gasteiger partial charge is 0.716 e. The van der Waals surface area contributed by atoms with Crippen LogP contribution in [0.5, 0.6) is 5.75 Å². The molecule has 25 heavy (non-hydrogen) atoms. The summed E-state index contributed by atoms with van der Waals surface area (Å²) in [5.74, 6) is -3.36. The van der Waals surface area contributed by atoms with E-state index in [2.05, 4.69) is 4.18 Å². The zero-order chi connectivity index (χ0) is 21.6. The second-order valence-electron chi connectivity index (χ2n) is 6.96. The largest absolute Gasteiger partial charge is 1.00 e. The van der Waals surface area contributed by atoms with E-state index in [0.717, 1.165) is 6.07 Å². The van der Waals surface area contributed by atoms with Crippen molar-refractivity contribution in [2.75, 3.05) is 0 Å². The van der Waals surface area contributed by atoms with Gasteiger partial charge in [0.15, 0.2) is 0 Å². The van der Waals surface area contributed by atoms with Gasteiger partial charge in [-0.05, 0) is 73.0 Å². The average molecular weight is 377 g/mol. The molecule has 4 rings (SSSR count). The van der Waals surface area contributed by atoms with Crippen molar-refractivity contribution < 1.29 is 58.4 Å². The second kappa shape index (κ2) is 6.64. The monoisotopic (exact) mass is 377 g/mol. The Morgan fingerprint density at radius 2 is 2.16 bits per heavy atom. The first-order valence-corrected chi connectivity index (χ1v) is 9.31. The molecule has 3 aliphatic carbocycles. The number of benzene rings is 1. The molecule has 0 amide bonds. The zero-order valence-corrected chi connectivity index (χ0v) is 17.0. The van der Waals surface area contributed by atoms with E-state index in [0.29, 0.717) is 19.3 Å². The molecule has 0 heterocycles. The summed E-state index contributed by atoms with van der Waals surface area (Å²) in [6.45, 7) is 1.80. The fourth-order valence-electron chi connectivity index (χ4n) is 4.47. The normalized spacial score (nSPS) is 43.6. The topological polar surface area (TPSA) is 83.5 Å². The molecule has 0 saturated heterocycles. The molecule has 0 unspecified atom stereocenters. The minimum absolute atomic E-state index is 0. The first kappa shape index (κ1) is 13.7. The van der Waals surface area contributed by atoms with E-state index in [1.54, 1.807) is 6.92 Å². The van der Waals surface area contributed by atoms with Crippen LogP contribution in [-0.4, -0.2) is 18.8 Å². The Morgan fingerprint density at radius 1 is 1.40 bits per heavy atom. The van der Waals surface area contributed by atoms with Crippen LogP contribution in [0.15, 0.2) is 18.2 Å². The Morgan fingerprint density at radius 3 is 2.88 bits per heavy atom. The molecule has 1 aromatic rings. The number of ketones is 1. The van der Waals surface area contributed by atoms with E-state index >= 15 is 0 Å². The quantitative estimate of drug-likeness (QED) is 0.410. The Hall–Kier alpha value is -0.400. The third-order valence-corrected chi connectivity index (χ3v) is 6.12. The maximum absolute atomic E-state index is 12.5. The molecule has 7 heteroatoms. The summed E-state index contributed by atoms with van der Waals surface area (Å²) in [6, 6.07) is 3.54. The van der Waals surface area contributed by atoms with Crippen LogP contribution < -0.4 is 33.7 Å². The summed E-state index contributed by atoms with van der Waals surface area (Å²) in [6.07, 6.45) is -3.77. The fraction of sp³-hybridized carbons (Fsp3) is 0.611. The van der Waals surface area contributed by atoms with Gasteiger partial charge >= 0.3 is 29.6 Å². The number of Topliss-reactive ketones (excluding diaryl/α,β-unsaturated/α-hetero) is 1. The summed E-state index contributed by atoms with van der Waals surface area (Å²) in [5.41, 5.74) is -0.710. The Labute approximate surface area is 177 Å². The molecule has 0 aromatic heterocycles. The Balaban J connectivity index is 0.00000256. The summed E-state index contributed by atoms with van der Waals surface area (Å²) in [5, 5.41) is 0. The van der Waals surface area contributed by atoms with Crippen molar-refractivity contribution in [2.24, 2.45) is 17.3 Å². The predicted molar refractivity (Wildman–Crippen MR) is 86.4 cm³/mol. The molecular formula is C18H21NaO5S. The van der Waals surface area contributed by atoms with Gasteiger partial charge in [-0.1, -0.05) is 13.0 Å². The van der Waals surface area contributed by atoms with E-state index in [1.165, 1.54) is 12.1 Å². The van der Waals surface area contributed by atoms with Crippen LogP contribution in [0.4, 0.5) is 0 Å². The van der Waals surface area contributed by atoms with E-state index in [9.17, 15) is 19.1 Å². The first-order valence-electron chi connectivity index (χ1n) is 10.5. The van der Waals surface area contributed by atoms with Crippen molar-refractivity contribution in [3.63, 3.8) is 0 Å². The molecule has 3 aliphatic rings. The Bertz CT molecular complexity index is 1020. The summed E-state index contributed by atoms with van der Waals surface area (Å²) in [7, 11) is -5.08. The van der Waals surface area contributed by atoms with Crippen molar-refractivity contribution in [1.29, 1.82) is 0 Å². The first-order chi connectivity index (χ1) is 13.1. The summed E-state index contributed by atoms with van der Waals surface area (Å²) >= 11 is 0. The number of hydrogen-bond donors (Lipinski definition) is 0. The van der Waals surface area contributed by atoms with Crippen LogP contribution in [0.2, 0.25) is 0 Å². The van der Waals surface area contributed by atoms with Gasteiger partial charge in [0.25, 0.3) is 10.4 Å². The standard InChI is InChI=1S/C18H22O5S.Na/c1-18-9-8-14-13-5-3-12(23-24(20,21)22)10-11(13)2-4-15(14)16(18)6-7-17(18)19;/h3,5,10,14-16H,2,4,6-9H2,1H3,(H,20,21,22);/q;+1/p-1/t14-,15-,16+,18+;/m1./s1/i2D2,4D2,14D;. The number of carbonyl (C=O) groups is 1. The van der Waals surface area contributed by atoms with Crippen molar-refractivity contribution in [3.05, 3.63) is 29.3 Å². The van der Waals surface area contributed by atoms with Crippen molar-refractivity contribution in [2.45, 2.75) is 51.2 Å². The Kier molecular flexibility index (Phi) is 3.65. The molecule has 130 valence electrons. The SMILES string of the molecule is [2H]C1([2H])c2cc(OS(=O)(=O)[O-])ccc2[C@@]2([2H])CC[C@]3(C)C(=O)CC[C@H]3[C@@H]2C1([2H])[2H].[Na+]. The number of carbonyl (C=O) groups excluding carboxylic acids is 1. The minimum atomic E-state index is -5.08. The maximum Gasteiger partial charge on any atom is 1.00 e. The van der Waals surface area contributed by atoms with Gasteiger partial charge in [-0.3, -0.25) is 4.79 Å². The van der Waals surface area contributed by atoms with Gasteiger partial charge in [-0.15, -0.1) is 0 Å². The molecule has 0 N–H and O–H groups in total. The van der Waals surface area contributed by atoms with Gasteiger partial charge in [0, 0.05) is 18.7 Å². The van der Waals surface area contributed by atoms with Gasteiger partial charge in [-0.2, -0.15) is 0 Å². The van der Waals surface area contributed by atoms with Crippen molar-refractivity contribution in [1.82, 2.24) is 0 Å². The molecule has 0 spiro atoms. The van der Waals surface area contributed by atoms with E-state index < -0.39 is 52.0 Å². The van der Waals surface area contributed by atoms with Crippen LogP contribution >= 0.6 is 0 Å².